The zero-order valence-electron chi connectivity index (χ0n) is 16.7. The van der Waals surface area contributed by atoms with Crippen molar-refractivity contribution in [2.45, 2.75) is 26.2 Å². The number of para-hydroxylation sites is 1. The molecule has 3 N–H and O–H groups in total. The van der Waals surface area contributed by atoms with Gasteiger partial charge in [-0.1, -0.05) is 48.5 Å². The molecule has 0 aliphatic heterocycles. The van der Waals surface area contributed by atoms with E-state index in [9.17, 15) is 5.11 Å². The SMILES string of the molecule is CCNC(=NCC(CO)c1ccccc1)NCCc1ccccc1OCC.I. The fourth-order valence-corrected chi connectivity index (χ4v) is 2.86. The number of aliphatic hydroxyl groups is 1. The summed E-state index contributed by atoms with van der Waals surface area (Å²) in [5.74, 6) is 1.70. The van der Waals surface area contributed by atoms with Crippen LogP contribution in [0.3, 0.4) is 0 Å². The number of ether oxygens (including phenoxy) is 1. The minimum Gasteiger partial charge on any atom is -0.494 e. The molecular formula is C22H32IN3O2. The maximum absolute atomic E-state index is 9.70. The highest BCUT2D eigenvalue weighted by Gasteiger charge is 2.10. The molecule has 0 saturated heterocycles. The van der Waals surface area contributed by atoms with Crippen molar-refractivity contribution in [3.8, 4) is 5.75 Å². The molecule has 0 bridgehead atoms. The van der Waals surface area contributed by atoms with Gasteiger partial charge in [0, 0.05) is 19.0 Å². The predicted octanol–water partition coefficient (Wildman–Crippen LogP) is 3.58. The van der Waals surface area contributed by atoms with E-state index in [1.807, 2.05) is 62.4 Å². The molecule has 6 heteroatoms. The lowest BCUT2D eigenvalue weighted by Gasteiger charge is -2.16. The maximum atomic E-state index is 9.70. The normalized spacial score (nSPS) is 12.0. The Hall–Kier alpha value is -1.80. The van der Waals surface area contributed by atoms with Crippen molar-refractivity contribution in [1.82, 2.24) is 10.6 Å². The zero-order chi connectivity index (χ0) is 19.3. The number of nitrogens with one attached hydrogen (secondary N) is 2. The minimum atomic E-state index is 0. The summed E-state index contributed by atoms with van der Waals surface area (Å²) in [6.45, 7) is 6.86. The molecule has 0 aliphatic rings. The maximum Gasteiger partial charge on any atom is 0.191 e. The van der Waals surface area contributed by atoms with Crippen LogP contribution in [0, 0.1) is 0 Å². The van der Waals surface area contributed by atoms with Crippen LogP contribution < -0.4 is 15.4 Å². The van der Waals surface area contributed by atoms with Gasteiger partial charge in [0.05, 0.1) is 19.8 Å². The quantitative estimate of drug-likeness (QED) is 0.267. The van der Waals surface area contributed by atoms with E-state index in [1.165, 1.54) is 5.56 Å². The van der Waals surface area contributed by atoms with Crippen molar-refractivity contribution in [3.05, 3.63) is 65.7 Å². The van der Waals surface area contributed by atoms with E-state index in [0.717, 1.165) is 36.8 Å². The standard InChI is InChI=1S/C22H31N3O2.HI/c1-3-23-22(25-16-20(17-26)18-10-6-5-7-11-18)24-15-14-19-12-8-9-13-21(19)27-4-2;/h5-13,20,26H,3-4,14-17H2,1-2H3,(H2,23,24,25);1H. The van der Waals surface area contributed by atoms with Crippen LogP contribution in [0.2, 0.25) is 0 Å². The van der Waals surface area contributed by atoms with Crippen molar-refractivity contribution in [2.24, 2.45) is 4.99 Å². The highest BCUT2D eigenvalue weighted by Crippen LogP contribution is 2.18. The molecule has 0 aliphatic carbocycles. The number of aliphatic imine (C=N–C) groups is 1. The molecule has 2 aromatic rings. The van der Waals surface area contributed by atoms with Gasteiger partial charge in [0.15, 0.2) is 5.96 Å². The van der Waals surface area contributed by atoms with Gasteiger partial charge in [0.1, 0.15) is 5.75 Å². The number of rotatable bonds is 10. The topological polar surface area (TPSA) is 65.9 Å². The summed E-state index contributed by atoms with van der Waals surface area (Å²) < 4.78 is 5.68. The van der Waals surface area contributed by atoms with E-state index in [1.54, 1.807) is 0 Å². The Bertz CT molecular complexity index is 695. The van der Waals surface area contributed by atoms with Crippen molar-refractivity contribution in [3.63, 3.8) is 0 Å². The number of nitrogens with zero attached hydrogens (tertiary/aromatic N) is 1. The van der Waals surface area contributed by atoms with Gasteiger partial charge in [0.2, 0.25) is 0 Å². The molecule has 5 nitrogen and oxygen atoms in total. The number of hydrogen-bond donors (Lipinski definition) is 3. The molecule has 0 amide bonds. The second-order valence-corrected chi connectivity index (χ2v) is 6.23. The van der Waals surface area contributed by atoms with Crippen molar-refractivity contribution in [2.75, 3.05) is 32.8 Å². The van der Waals surface area contributed by atoms with Gasteiger partial charge >= 0.3 is 0 Å². The van der Waals surface area contributed by atoms with Gasteiger partial charge in [-0.3, -0.25) is 4.99 Å². The van der Waals surface area contributed by atoms with Crippen molar-refractivity contribution in [1.29, 1.82) is 0 Å². The first-order valence-corrected chi connectivity index (χ1v) is 9.67. The first-order chi connectivity index (χ1) is 13.3. The van der Waals surface area contributed by atoms with E-state index >= 15 is 0 Å². The third-order valence-corrected chi connectivity index (χ3v) is 4.26. The average Bonchev–Trinajstić information content (AvgIpc) is 2.70. The molecule has 0 saturated carbocycles. The van der Waals surface area contributed by atoms with Crippen molar-refractivity contribution < 1.29 is 9.84 Å². The van der Waals surface area contributed by atoms with Gasteiger partial charge < -0.3 is 20.5 Å². The molecule has 1 atom stereocenters. The highest BCUT2D eigenvalue weighted by atomic mass is 127. The van der Waals surface area contributed by atoms with E-state index in [4.69, 9.17) is 4.74 Å². The first-order valence-electron chi connectivity index (χ1n) is 9.67. The summed E-state index contributed by atoms with van der Waals surface area (Å²) >= 11 is 0. The van der Waals surface area contributed by atoms with Gasteiger partial charge in [0.25, 0.3) is 0 Å². The number of aliphatic hydroxyl groups excluding tert-OH is 1. The molecule has 0 radical (unpaired) electrons. The number of benzene rings is 2. The third-order valence-electron chi connectivity index (χ3n) is 4.26. The Labute approximate surface area is 185 Å². The number of halogens is 1. The van der Waals surface area contributed by atoms with Crippen molar-refractivity contribution >= 4 is 29.9 Å². The molecule has 0 spiro atoms. The van der Waals surface area contributed by atoms with Gasteiger partial charge in [-0.25, -0.2) is 0 Å². The summed E-state index contributed by atoms with van der Waals surface area (Å²) in [6.07, 6.45) is 0.850. The average molecular weight is 497 g/mol. The Morgan fingerprint density at radius 1 is 1.04 bits per heavy atom. The summed E-state index contributed by atoms with van der Waals surface area (Å²) in [4.78, 5) is 4.65. The van der Waals surface area contributed by atoms with Crippen LogP contribution in [0.4, 0.5) is 0 Å². The predicted molar refractivity (Wildman–Crippen MR) is 127 cm³/mol. The Kier molecular flexibility index (Phi) is 12.3. The van der Waals surface area contributed by atoms with E-state index < -0.39 is 0 Å². The van der Waals surface area contributed by atoms with Crippen LogP contribution in [-0.4, -0.2) is 43.9 Å². The Morgan fingerprint density at radius 3 is 2.43 bits per heavy atom. The molecule has 28 heavy (non-hydrogen) atoms. The second-order valence-electron chi connectivity index (χ2n) is 6.23. The van der Waals surface area contributed by atoms with E-state index in [2.05, 4.69) is 21.7 Å². The van der Waals surface area contributed by atoms with Crippen LogP contribution in [0.1, 0.15) is 30.9 Å². The minimum absolute atomic E-state index is 0. The van der Waals surface area contributed by atoms with Crippen LogP contribution in [0.15, 0.2) is 59.6 Å². The number of guanidine groups is 1. The molecular weight excluding hydrogens is 465 g/mol. The molecule has 2 rings (SSSR count). The largest absolute Gasteiger partial charge is 0.494 e. The van der Waals surface area contributed by atoms with Gasteiger partial charge in [-0.2, -0.15) is 0 Å². The molecule has 1 unspecified atom stereocenters. The van der Waals surface area contributed by atoms with Crippen LogP contribution >= 0.6 is 24.0 Å². The molecule has 0 aromatic heterocycles. The Balaban J connectivity index is 0.00000392. The zero-order valence-corrected chi connectivity index (χ0v) is 19.1. The molecule has 0 fully saturated rings. The van der Waals surface area contributed by atoms with Gasteiger partial charge in [-0.05, 0) is 37.5 Å². The first kappa shape index (κ1) is 24.2. The summed E-state index contributed by atoms with van der Waals surface area (Å²) in [6, 6.07) is 18.1. The lowest BCUT2D eigenvalue weighted by atomic mass is 10.0. The lowest BCUT2D eigenvalue weighted by molar-refractivity contribution is 0.268. The smallest absolute Gasteiger partial charge is 0.191 e. The summed E-state index contributed by atoms with van der Waals surface area (Å²) in [5, 5.41) is 16.3. The molecule has 154 valence electrons. The van der Waals surface area contributed by atoms with Gasteiger partial charge in [-0.15, -0.1) is 24.0 Å². The Morgan fingerprint density at radius 2 is 1.75 bits per heavy atom. The highest BCUT2D eigenvalue weighted by molar-refractivity contribution is 14.0. The monoisotopic (exact) mass is 497 g/mol. The van der Waals surface area contributed by atoms with E-state index in [0.29, 0.717) is 13.2 Å². The van der Waals surface area contributed by atoms with Crippen LogP contribution in [-0.2, 0) is 6.42 Å². The lowest BCUT2D eigenvalue weighted by Crippen LogP contribution is -2.38. The van der Waals surface area contributed by atoms with Crippen LogP contribution in [0.25, 0.3) is 0 Å². The second kappa shape index (κ2) is 14.2. The van der Waals surface area contributed by atoms with E-state index in [-0.39, 0.29) is 36.5 Å². The number of hydrogen-bond acceptors (Lipinski definition) is 3. The summed E-state index contributed by atoms with van der Waals surface area (Å²) in [7, 11) is 0. The fraction of sp³-hybridized carbons (Fsp3) is 0.409. The summed E-state index contributed by atoms with van der Waals surface area (Å²) in [5.41, 5.74) is 2.28. The fourth-order valence-electron chi connectivity index (χ4n) is 2.86. The molecule has 2 aromatic carbocycles. The molecule has 0 heterocycles. The third kappa shape index (κ3) is 8.06. The van der Waals surface area contributed by atoms with Crippen LogP contribution in [0.5, 0.6) is 5.75 Å².